The van der Waals surface area contributed by atoms with Crippen LogP contribution >= 0.6 is 11.3 Å². The van der Waals surface area contributed by atoms with Crippen LogP contribution in [0.2, 0.25) is 0 Å². The van der Waals surface area contributed by atoms with Crippen molar-refractivity contribution >= 4 is 32.3 Å². The van der Waals surface area contributed by atoms with Crippen molar-refractivity contribution in [3.05, 3.63) is 83.2 Å². The van der Waals surface area contributed by atoms with Crippen molar-refractivity contribution in [3.63, 3.8) is 0 Å². The predicted molar refractivity (Wildman–Crippen MR) is 153 cm³/mol. The molecule has 0 bridgehead atoms. The Morgan fingerprint density at radius 3 is 2.17 bits per heavy atom. The van der Waals surface area contributed by atoms with Crippen LogP contribution in [0.1, 0.15) is 76.6 Å². The molecule has 0 unspecified atom stereocenters. The minimum atomic E-state index is -0.157. The van der Waals surface area contributed by atoms with Crippen LogP contribution in [0.4, 0.5) is 0 Å². The normalized spacial score (nSPS) is 18.7. The molecule has 2 heterocycles. The van der Waals surface area contributed by atoms with E-state index in [2.05, 4.69) is 96.1 Å². The van der Waals surface area contributed by atoms with Crippen molar-refractivity contribution in [2.45, 2.75) is 70.6 Å². The fourth-order valence-electron chi connectivity index (χ4n) is 6.76. The van der Waals surface area contributed by atoms with Gasteiger partial charge in [0.05, 0.1) is 5.69 Å². The van der Waals surface area contributed by atoms with E-state index in [9.17, 15) is 0 Å². The lowest BCUT2D eigenvalue weighted by molar-refractivity contribution is 0.332. The lowest BCUT2D eigenvalue weighted by atomic mass is 9.63. The first kappa shape index (κ1) is 22.2. The van der Waals surface area contributed by atoms with Crippen LogP contribution in [0.5, 0.6) is 0 Å². The first-order chi connectivity index (χ1) is 17.1. The molecule has 3 heteroatoms. The second-order valence-corrected chi connectivity index (χ2v) is 13.6. The average molecular weight is 489 g/mol. The van der Waals surface area contributed by atoms with Gasteiger partial charge in [-0.1, -0.05) is 77.9 Å². The van der Waals surface area contributed by atoms with E-state index >= 15 is 0 Å². The fraction of sp³-hybridized carbons (Fsp3) is 0.333. The Morgan fingerprint density at radius 1 is 0.722 bits per heavy atom. The molecule has 0 N–H and O–H groups in total. The molecule has 2 aliphatic carbocycles. The zero-order chi connectivity index (χ0) is 25.0. The van der Waals surface area contributed by atoms with E-state index in [1.807, 2.05) is 11.3 Å². The van der Waals surface area contributed by atoms with Crippen molar-refractivity contribution in [3.8, 4) is 21.7 Å². The molecule has 2 nitrogen and oxygen atoms in total. The van der Waals surface area contributed by atoms with Gasteiger partial charge in [0.15, 0.2) is 0 Å². The van der Waals surface area contributed by atoms with Crippen molar-refractivity contribution in [1.29, 1.82) is 0 Å². The van der Waals surface area contributed by atoms with Gasteiger partial charge in [-0.25, -0.2) is 9.97 Å². The van der Waals surface area contributed by atoms with Gasteiger partial charge in [-0.2, -0.15) is 0 Å². The van der Waals surface area contributed by atoms with Crippen LogP contribution in [-0.4, -0.2) is 9.97 Å². The maximum Gasteiger partial charge on any atom is 0.128 e. The van der Waals surface area contributed by atoms with Gasteiger partial charge in [0.1, 0.15) is 11.2 Å². The summed E-state index contributed by atoms with van der Waals surface area (Å²) >= 11 is 1.83. The summed E-state index contributed by atoms with van der Waals surface area (Å²) in [6, 6.07) is 20.7. The van der Waals surface area contributed by atoms with Gasteiger partial charge >= 0.3 is 0 Å². The Bertz CT molecular complexity index is 1720. The number of thiophene rings is 1. The molecule has 0 aliphatic heterocycles. The molecular formula is C33H32N2S. The van der Waals surface area contributed by atoms with Crippen molar-refractivity contribution < 1.29 is 0 Å². The number of fused-ring (bicyclic) bond motifs is 4. The quantitative estimate of drug-likeness (QED) is 0.235. The highest BCUT2D eigenvalue weighted by Gasteiger charge is 2.40. The first-order valence-corrected chi connectivity index (χ1v) is 13.9. The van der Waals surface area contributed by atoms with Gasteiger partial charge in [0.2, 0.25) is 0 Å². The molecule has 2 aliphatic rings. The van der Waals surface area contributed by atoms with E-state index in [0.29, 0.717) is 0 Å². The maximum atomic E-state index is 4.87. The number of nitrogens with zero attached hydrogens (tertiary/aromatic N) is 2. The molecule has 3 aromatic carbocycles. The summed E-state index contributed by atoms with van der Waals surface area (Å²) in [6.45, 7) is 14.4. The summed E-state index contributed by atoms with van der Waals surface area (Å²) in [5.41, 5.74) is 9.64. The van der Waals surface area contributed by atoms with Gasteiger partial charge < -0.3 is 0 Å². The third kappa shape index (κ3) is 2.90. The third-order valence-corrected chi connectivity index (χ3v) is 10.2. The largest absolute Gasteiger partial charge is 0.236 e. The van der Waals surface area contributed by atoms with Gasteiger partial charge in [0, 0.05) is 21.2 Å². The number of benzene rings is 3. The summed E-state index contributed by atoms with van der Waals surface area (Å²) < 4.78 is 0. The molecule has 0 spiro atoms. The van der Waals surface area contributed by atoms with E-state index in [1.165, 1.54) is 67.3 Å². The van der Waals surface area contributed by atoms with E-state index < -0.39 is 0 Å². The van der Waals surface area contributed by atoms with Crippen LogP contribution in [0, 0.1) is 0 Å². The number of aromatic nitrogens is 2. The minimum Gasteiger partial charge on any atom is -0.236 e. The summed E-state index contributed by atoms with van der Waals surface area (Å²) in [6.07, 6.45) is 4.20. The second-order valence-electron chi connectivity index (χ2n) is 12.6. The second kappa shape index (κ2) is 7.04. The number of hydrogen-bond acceptors (Lipinski definition) is 3. The SMILES string of the molecule is CC1(C)CCC(C)(C)c2cc(-c3sc4ncnc5c4c3C(C)(C)c3cc4ccccc4cc3-5)ccc21. The molecule has 36 heavy (non-hydrogen) atoms. The molecule has 0 saturated heterocycles. The maximum absolute atomic E-state index is 4.87. The Kier molecular flexibility index (Phi) is 4.34. The Balaban J connectivity index is 1.53. The van der Waals surface area contributed by atoms with Crippen LogP contribution in [-0.2, 0) is 16.2 Å². The van der Waals surface area contributed by atoms with Crippen LogP contribution in [0.15, 0.2) is 60.9 Å². The van der Waals surface area contributed by atoms with Crippen molar-refractivity contribution in [2.75, 3.05) is 0 Å². The molecule has 0 amide bonds. The van der Waals surface area contributed by atoms with Crippen LogP contribution < -0.4 is 0 Å². The zero-order valence-electron chi connectivity index (χ0n) is 22.0. The monoisotopic (exact) mass is 488 g/mol. The molecule has 0 radical (unpaired) electrons. The zero-order valence-corrected chi connectivity index (χ0v) is 22.8. The van der Waals surface area contributed by atoms with Crippen LogP contribution in [0.3, 0.4) is 0 Å². The lowest BCUT2D eigenvalue weighted by Crippen LogP contribution is -2.33. The highest BCUT2D eigenvalue weighted by atomic mass is 32.1. The molecule has 7 rings (SSSR count). The average Bonchev–Trinajstić information content (AvgIpc) is 3.26. The Morgan fingerprint density at radius 2 is 1.42 bits per heavy atom. The third-order valence-electron chi connectivity index (χ3n) is 9.04. The highest BCUT2D eigenvalue weighted by molar-refractivity contribution is 7.22. The fourth-order valence-corrected chi connectivity index (χ4v) is 8.05. The molecular weight excluding hydrogens is 456 g/mol. The molecule has 5 aromatic rings. The molecule has 0 atom stereocenters. The van der Waals surface area contributed by atoms with Gasteiger partial charge in [0.25, 0.3) is 0 Å². The summed E-state index contributed by atoms with van der Waals surface area (Å²) in [7, 11) is 0. The standard InChI is InChI=1S/C33H32N2S/c1-31(2)13-14-32(3,4)25-17-21(11-12-23(25)31)29-27-26-28(34-18-35-30(26)36-29)22-15-19-9-7-8-10-20(19)16-24(22)33(27,5)6/h7-12,15-18H,13-14H2,1-6H3. The van der Waals surface area contributed by atoms with E-state index in [1.54, 1.807) is 6.33 Å². The highest BCUT2D eigenvalue weighted by Crippen LogP contribution is 2.55. The Hall–Kier alpha value is -3.04. The van der Waals surface area contributed by atoms with E-state index in [-0.39, 0.29) is 16.2 Å². The van der Waals surface area contributed by atoms with Gasteiger partial charge in [-0.05, 0) is 80.5 Å². The van der Waals surface area contributed by atoms with Gasteiger partial charge in [-0.3, -0.25) is 0 Å². The number of hydrogen-bond donors (Lipinski definition) is 0. The van der Waals surface area contributed by atoms with Crippen molar-refractivity contribution in [2.24, 2.45) is 0 Å². The van der Waals surface area contributed by atoms with Crippen molar-refractivity contribution in [1.82, 2.24) is 9.97 Å². The molecule has 0 fully saturated rings. The summed E-state index contributed by atoms with van der Waals surface area (Å²) in [4.78, 5) is 12.1. The molecule has 180 valence electrons. The van der Waals surface area contributed by atoms with E-state index in [4.69, 9.17) is 9.97 Å². The lowest BCUT2D eigenvalue weighted by Gasteiger charge is -2.42. The topological polar surface area (TPSA) is 25.8 Å². The molecule has 0 saturated carbocycles. The minimum absolute atomic E-state index is 0.157. The summed E-state index contributed by atoms with van der Waals surface area (Å²) in [5.74, 6) is 0. The molecule has 2 aromatic heterocycles. The van der Waals surface area contributed by atoms with Crippen LogP contribution in [0.25, 0.3) is 42.7 Å². The first-order valence-electron chi connectivity index (χ1n) is 13.0. The Labute approximate surface area is 217 Å². The summed E-state index contributed by atoms with van der Waals surface area (Å²) in [5, 5.41) is 3.78. The number of rotatable bonds is 1. The van der Waals surface area contributed by atoms with E-state index in [0.717, 1.165) is 10.5 Å². The van der Waals surface area contributed by atoms with Gasteiger partial charge in [-0.15, -0.1) is 11.3 Å². The predicted octanol–water partition coefficient (Wildman–Crippen LogP) is 9.17. The smallest absolute Gasteiger partial charge is 0.128 e.